The van der Waals surface area contributed by atoms with Crippen molar-refractivity contribution in [2.24, 2.45) is 5.73 Å². The molecule has 0 radical (unpaired) electrons. The Morgan fingerprint density at radius 3 is 2.50 bits per heavy atom. The Hall–Kier alpha value is -1.35. The average Bonchev–Trinajstić information content (AvgIpc) is 2.36. The number of sulfonamides is 1. The Kier molecular flexibility index (Phi) is 5.86. The lowest BCUT2D eigenvalue weighted by Crippen LogP contribution is -2.24. The number of hydrogen-bond donors (Lipinski definition) is 2. The highest BCUT2D eigenvalue weighted by Crippen LogP contribution is 2.10. The fraction of sp³-hybridized carbons (Fsp3) is 0.385. The van der Waals surface area contributed by atoms with Crippen LogP contribution in [0.5, 0.6) is 0 Å². The Morgan fingerprint density at radius 1 is 1.28 bits per heavy atom. The van der Waals surface area contributed by atoms with Crippen molar-refractivity contribution in [1.82, 2.24) is 4.72 Å². The minimum absolute atomic E-state index is 0.268. The minimum atomic E-state index is -3.42. The maximum atomic E-state index is 11.9. The van der Waals surface area contributed by atoms with Gasteiger partial charge >= 0.3 is 0 Å². The third kappa shape index (κ3) is 4.49. The molecule has 98 valence electrons. The molecule has 4 nitrogen and oxygen atoms in total. The van der Waals surface area contributed by atoms with E-state index >= 15 is 0 Å². The molecule has 1 rings (SSSR count). The summed E-state index contributed by atoms with van der Waals surface area (Å²) in [5.41, 5.74) is 6.46. The predicted octanol–water partition coefficient (Wildman–Crippen LogP) is 0.879. The van der Waals surface area contributed by atoms with E-state index in [1.807, 2.05) is 0 Å². The predicted molar refractivity (Wildman–Crippen MR) is 72.5 cm³/mol. The first-order valence-corrected chi connectivity index (χ1v) is 7.30. The van der Waals surface area contributed by atoms with Gasteiger partial charge in [-0.05, 0) is 37.1 Å². The molecule has 0 aromatic heterocycles. The second-order valence-electron chi connectivity index (χ2n) is 3.89. The molecule has 0 heterocycles. The Labute approximate surface area is 109 Å². The molecule has 18 heavy (non-hydrogen) atoms. The van der Waals surface area contributed by atoms with Crippen molar-refractivity contribution in [2.75, 3.05) is 13.1 Å². The Balaban J connectivity index is 2.64. The smallest absolute Gasteiger partial charge is 0.240 e. The van der Waals surface area contributed by atoms with Crippen LogP contribution in [0.2, 0.25) is 0 Å². The largest absolute Gasteiger partial charge is 0.330 e. The van der Waals surface area contributed by atoms with Gasteiger partial charge in [0.2, 0.25) is 10.0 Å². The van der Waals surface area contributed by atoms with Crippen molar-refractivity contribution in [3.63, 3.8) is 0 Å². The highest BCUT2D eigenvalue weighted by Gasteiger charge is 2.12. The average molecular weight is 266 g/mol. The molecule has 5 heteroatoms. The zero-order valence-corrected chi connectivity index (χ0v) is 11.0. The second kappa shape index (κ2) is 7.17. The molecule has 0 fully saturated rings. The van der Waals surface area contributed by atoms with E-state index < -0.39 is 10.0 Å². The molecule has 0 bridgehead atoms. The highest BCUT2D eigenvalue weighted by atomic mass is 32.2. The van der Waals surface area contributed by atoms with Crippen molar-refractivity contribution < 1.29 is 8.42 Å². The number of benzene rings is 1. The molecule has 0 unspecified atom stereocenters. The first kappa shape index (κ1) is 14.7. The van der Waals surface area contributed by atoms with Crippen LogP contribution in [0.1, 0.15) is 18.4 Å². The van der Waals surface area contributed by atoms with Gasteiger partial charge in [0.25, 0.3) is 0 Å². The normalized spacial score (nSPS) is 11.1. The Bertz CT molecular complexity index is 501. The van der Waals surface area contributed by atoms with Gasteiger partial charge in [-0.3, -0.25) is 0 Å². The maximum absolute atomic E-state index is 11.9. The van der Waals surface area contributed by atoms with Crippen LogP contribution in [0.25, 0.3) is 0 Å². The fourth-order valence-corrected chi connectivity index (χ4v) is 2.56. The number of nitrogens with one attached hydrogen (secondary N) is 1. The van der Waals surface area contributed by atoms with E-state index in [0.29, 0.717) is 25.9 Å². The summed E-state index contributed by atoms with van der Waals surface area (Å²) in [5.74, 6) is 2.47. The van der Waals surface area contributed by atoms with Crippen LogP contribution in [0, 0.1) is 12.3 Å². The molecule has 1 aromatic carbocycles. The topological polar surface area (TPSA) is 72.2 Å². The third-order valence-corrected chi connectivity index (χ3v) is 3.93. The molecule has 0 saturated heterocycles. The van der Waals surface area contributed by atoms with Crippen molar-refractivity contribution >= 4 is 10.0 Å². The van der Waals surface area contributed by atoms with E-state index in [9.17, 15) is 8.42 Å². The summed E-state index contributed by atoms with van der Waals surface area (Å²) in [4.78, 5) is 0.268. The standard InChI is InChI=1S/C13H18N2O2S/c1-2-3-4-11-15-18(16,17)13-7-5-12(6-8-13)9-10-14/h1,5-8,15H,3-4,9-11,14H2. The number of unbranched alkanes of at least 4 members (excludes halogenated alkanes) is 1. The van der Waals surface area contributed by atoms with Crippen LogP contribution in [0.4, 0.5) is 0 Å². The molecule has 1 aromatic rings. The molecule has 0 aliphatic heterocycles. The lowest BCUT2D eigenvalue weighted by atomic mass is 10.2. The van der Waals surface area contributed by atoms with Gasteiger partial charge in [-0.2, -0.15) is 0 Å². The molecule has 3 N–H and O–H groups in total. The summed E-state index contributed by atoms with van der Waals surface area (Å²) in [6.07, 6.45) is 7.05. The molecule has 0 spiro atoms. The SMILES string of the molecule is C#CCCCNS(=O)(=O)c1ccc(CCN)cc1. The van der Waals surface area contributed by atoms with Crippen LogP contribution in [0.15, 0.2) is 29.2 Å². The van der Waals surface area contributed by atoms with Crippen LogP contribution >= 0.6 is 0 Å². The van der Waals surface area contributed by atoms with Crippen molar-refractivity contribution in [1.29, 1.82) is 0 Å². The zero-order valence-electron chi connectivity index (χ0n) is 10.2. The van der Waals surface area contributed by atoms with Gasteiger partial charge in [0, 0.05) is 13.0 Å². The van der Waals surface area contributed by atoms with Crippen molar-refractivity contribution in [2.45, 2.75) is 24.2 Å². The van der Waals surface area contributed by atoms with Gasteiger partial charge in [-0.25, -0.2) is 13.1 Å². The molecule has 0 saturated carbocycles. The van der Waals surface area contributed by atoms with Crippen LogP contribution in [-0.2, 0) is 16.4 Å². The monoisotopic (exact) mass is 266 g/mol. The molecular formula is C13H18N2O2S. The summed E-state index contributed by atoms with van der Waals surface area (Å²) in [7, 11) is -3.42. The van der Waals surface area contributed by atoms with E-state index in [1.54, 1.807) is 24.3 Å². The van der Waals surface area contributed by atoms with Crippen molar-refractivity contribution in [3.8, 4) is 12.3 Å². The van der Waals surface area contributed by atoms with Crippen LogP contribution < -0.4 is 10.5 Å². The fourth-order valence-electron chi connectivity index (χ4n) is 1.48. The highest BCUT2D eigenvalue weighted by molar-refractivity contribution is 7.89. The first-order valence-electron chi connectivity index (χ1n) is 5.82. The molecular weight excluding hydrogens is 248 g/mol. The summed E-state index contributed by atoms with van der Waals surface area (Å²) < 4.78 is 26.3. The molecule has 0 amide bonds. The quantitative estimate of drug-likeness (QED) is 0.568. The number of terminal acetylenes is 1. The minimum Gasteiger partial charge on any atom is -0.330 e. The van der Waals surface area contributed by atoms with Gasteiger partial charge in [-0.15, -0.1) is 12.3 Å². The van der Waals surface area contributed by atoms with Crippen LogP contribution in [-0.4, -0.2) is 21.5 Å². The van der Waals surface area contributed by atoms with Gasteiger partial charge in [0.05, 0.1) is 4.90 Å². The first-order chi connectivity index (χ1) is 8.60. The van der Waals surface area contributed by atoms with E-state index in [1.165, 1.54) is 0 Å². The molecule has 0 aliphatic rings. The Morgan fingerprint density at radius 2 is 1.94 bits per heavy atom. The summed E-state index contributed by atoms with van der Waals surface area (Å²) in [5, 5.41) is 0. The van der Waals surface area contributed by atoms with Gasteiger partial charge < -0.3 is 5.73 Å². The van der Waals surface area contributed by atoms with E-state index in [2.05, 4.69) is 10.6 Å². The van der Waals surface area contributed by atoms with Gasteiger partial charge in [-0.1, -0.05) is 12.1 Å². The number of nitrogens with two attached hydrogens (primary N) is 1. The van der Waals surface area contributed by atoms with Crippen LogP contribution in [0.3, 0.4) is 0 Å². The molecule has 0 atom stereocenters. The van der Waals surface area contributed by atoms with E-state index in [0.717, 1.165) is 12.0 Å². The second-order valence-corrected chi connectivity index (χ2v) is 5.66. The number of hydrogen-bond acceptors (Lipinski definition) is 3. The third-order valence-electron chi connectivity index (χ3n) is 2.46. The zero-order chi connectivity index (χ0) is 13.4. The molecule has 0 aliphatic carbocycles. The van der Waals surface area contributed by atoms with E-state index in [-0.39, 0.29) is 4.90 Å². The van der Waals surface area contributed by atoms with Gasteiger partial charge in [0.15, 0.2) is 0 Å². The maximum Gasteiger partial charge on any atom is 0.240 e. The summed E-state index contributed by atoms with van der Waals surface area (Å²) in [6.45, 7) is 0.910. The van der Waals surface area contributed by atoms with Crippen molar-refractivity contribution in [3.05, 3.63) is 29.8 Å². The summed E-state index contributed by atoms with van der Waals surface area (Å²) >= 11 is 0. The summed E-state index contributed by atoms with van der Waals surface area (Å²) in [6, 6.07) is 6.74. The lowest BCUT2D eigenvalue weighted by Gasteiger charge is -2.06. The lowest BCUT2D eigenvalue weighted by molar-refractivity contribution is 0.579. The van der Waals surface area contributed by atoms with E-state index in [4.69, 9.17) is 12.2 Å². The number of rotatable bonds is 7. The van der Waals surface area contributed by atoms with Gasteiger partial charge in [0.1, 0.15) is 0 Å².